The molecule has 33 heavy (non-hydrogen) atoms. The van der Waals surface area contributed by atoms with Crippen molar-refractivity contribution >= 4 is 21.6 Å². The quantitative estimate of drug-likeness (QED) is 0.432. The fraction of sp³-hybridized carbons (Fsp3) is 0.120. The van der Waals surface area contributed by atoms with E-state index in [1.807, 2.05) is 42.0 Å². The molecule has 0 spiro atoms. The number of amides is 1. The van der Waals surface area contributed by atoms with Crippen molar-refractivity contribution in [2.24, 2.45) is 0 Å². The second kappa shape index (κ2) is 9.30. The molecule has 3 aromatic carbocycles. The molecule has 0 bridgehead atoms. The summed E-state index contributed by atoms with van der Waals surface area (Å²) >= 11 is 0. The average Bonchev–Trinajstić information content (AvgIpc) is 3.34. The van der Waals surface area contributed by atoms with E-state index in [4.69, 9.17) is 0 Å². The van der Waals surface area contributed by atoms with Crippen LogP contribution in [0.5, 0.6) is 0 Å². The average molecular weight is 461 g/mol. The van der Waals surface area contributed by atoms with Crippen LogP contribution in [0.15, 0.2) is 90.3 Å². The third-order valence-electron chi connectivity index (χ3n) is 5.27. The molecular weight excluding hydrogens is 436 g/mol. The highest BCUT2D eigenvalue weighted by atomic mass is 32.2. The van der Waals surface area contributed by atoms with E-state index in [9.17, 15) is 13.2 Å². The Balaban J connectivity index is 1.44. The molecule has 8 heteroatoms. The Labute approximate surface area is 193 Å². The fourth-order valence-corrected chi connectivity index (χ4v) is 4.40. The molecular formula is C25H24N4O3S. The van der Waals surface area contributed by atoms with Crippen molar-refractivity contribution in [3.63, 3.8) is 0 Å². The first-order valence-corrected chi connectivity index (χ1v) is 11.9. The monoisotopic (exact) mass is 460 g/mol. The van der Waals surface area contributed by atoms with E-state index in [1.54, 1.807) is 61.9 Å². The predicted molar refractivity (Wildman–Crippen MR) is 128 cm³/mol. The second-order valence-corrected chi connectivity index (χ2v) is 9.45. The maximum Gasteiger partial charge on any atom is 0.261 e. The zero-order valence-electron chi connectivity index (χ0n) is 18.3. The molecule has 0 aliphatic heterocycles. The summed E-state index contributed by atoms with van der Waals surface area (Å²) in [4.78, 5) is 16.9. The van der Waals surface area contributed by atoms with Crippen molar-refractivity contribution in [3.05, 3.63) is 108 Å². The number of sulfonamides is 1. The van der Waals surface area contributed by atoms with Crippen molar-refractivity contribution in [1.29, 1.82) is 0 Å². The van der Waals surface area contributed by atoms with E-state index in [1.165, 1.54) is 0 Å². The van der Waals surface area contributed by atoms with Gasteiger partial charge in [0.05, 0.1) is 16.9 Å². The molecule has 0 saturated carbocycles. The third kappa shape index (κ3) is 5.30. The van der Waals surface area contributed by atoms with E-state index >= 15 is 0 Å². The Morgan fingerprint density at radius 1 is 0.970 bits per heavy atom. The maximum absolute atomic E-state index is 12.8. The number of nitrogens with one attached hydrogen (secondary N) is 2. The van der Waals surface area contributed by atoms with E-state index in [0.29, 0.717) is 17.8 Å². The van der Waals surface area contributed by atoms with Crippen LogP contribution in [0.2, 0.25) is 0 Å². The minimum absolute atomic E-state index is 0.168. The van der Waals surface area contributed by atoms with Gasteiger partial charge in [-0.2, -0.15) is 0 Å². The van der Waals surface area contributed by atoms with E-state index < -0.39 is 10.0 Å². The summed E-state index contributed by atoms with van der Waals surface area (Å²) in [5.41, 5.74) is 4.36. The Morgan fingerprint density at radius 2 is 1.70 bits per heavy atom. The van der Waals surface area contributed by atoms with Crippen molar-refractivity contribution in [1.82, 2.24) is 14.9 Å². The summed E-state index contributed by atoms with van der Waals surface area (Å²) in [6.07, 6.45) is 5.29. The van der Waals surface area contributed by atoms with Gasteiger partial charge in [-0.3, -0.25) is 9.52 Å². The molecule has 1 amide bonds. The number of aryl methyl sites for hydroxylation is 2. The zero-order valence-corrected chi connectivity index (χ0v) is 19.1. The fourth-order valence-electron chi connectivity index (χ4n) is 3.28. The maximum atomic E-state index is 12.8. The minimum Gasteiger partial charge on any atom is -0.348 e. The van der Waals surface area contributed by atoms with Gasteiger partial charge in [-0.15, -0.1) is 0 Å². The molecule has 0 atom stereocenters. The van der Waals surface area contributed by atoms with E-state index in [-0.39, 0.29) is 10.8 Å². The summed E-state index contributed by atoms with van der Waals surface area (Å²) in [5, 5.41) is 2.88. The molecule has 4 rings (SSSR count). The zero-order chi connectivity index (χ0) is 23.4. The highest BCUT2D eigenvalue weighted by Crippen LogP contribution is 2.22. The van der Waals surface area contributed by atoms with E-state index in [0.717, 1.165) is 22.4 Å². The molecule has 0 aliphatic rings. The molecule has 0 radical (unpaired) electrons. The molecule has 7 nitrogen and oxygen atoms in total. The first kappa shape index (κ1) is 22.3. The number of imidazole rings is 1. The van der Waals surface area contributed by atoms with Gasteiger partial charge in [0, 0.05) is 30.2 Å². The predicted octanol–water partition coefficient (Wildman–Crippen LogP) is 4.22. The standard InChI is InChI=1S/C25H24N4O3S/c1-18-3-11-23(12-4-18)33(31,32)28-24-15-21(8-5-19(24)2)25(30)27-16-20-6-9-22(10-7-20)29-14-13-26-17-29/h3-15,17,28H,16H2,1-2H3,(H,27,30). The molecule has 1 heterocycles. The van der Waals surface area contributed by atoms with Crippen molar-refractivity contribution < 1.29 is 13.2 Å². The van der Waals surface area contributed by atoms with Gasteiger partial charge in [-0.05, 0) is 61.4 Å². The van der Waals surface area contributed by atoms with Gasteiger partial charge in [0.2, 0.25) is 0 Å². The van der Waals surface area contributed by atoms with Gasteiger partial charge < -0.3 is 9.88 Å². The number of carbonyl (C=O) groups is 1. The highest BCUT2D eigenvalue weighted by Gasteiger charge is 2.16. The van der Waals surface area contributed by atoms with Crippen LogP contribution in [-0.2, 0) is 16.6 Å². The number of hydrogen-bond acceptors (Lipinski definition) is 4. The number of benzene rings is 3. The molecule has 1 aromatic heterocycles. The first-order chi connectivity index (χ1) is 15.8. The number of carbonyl (C=O) groups excluding carboxylic acids is 1. The summed E-state index contributed by atoms with van der Waals surface area (Å²) < 4.78 is 30.0. The summed E-state index contributed by atoms with van der Waals surface area (Å²) in [5.74, 6) is -0.288. The smallest absolute Gasteiger partial charge is 0.261 e. The Bertz CT molecular complexity index is 1360. The van der Waals surface area contributed by atoms with Gasteiger partial charge in [-0.1, -0.05) is 35.9 Å². The van der Waals surface area contributed by atoms with Gasteiger partial charge in [-0.25, -0.2) is 13.4 Å². The largest absolute Gasteiger partial charge is 0.348 e. The van der Waals surface area contributed by atoms with Crippen LogP contribution in [0.25, 0.3) is 5.69 Å². The van der Waals surface area contributed by atoms with Crippen LogP contribution < -0.4 is 10.0 Å². The van der Waals surface area contributed by atoms with Crippen LogP contribution in [-0.4, -0.2) is 23.9 Å². The number of rotatable bonds is 7. The summed E-state index contributed by atoms with van der Waals surface area (Å²) in [6, 6.07) is 19.3. The topological polar surface area (TPSA) is 93.1 Å². The van der Waals surface area contributed by atoms with Crippen molar-refractivity contribution in [2.75, 3.05) is 4.72 Å². The van der Waals surface area contributed by atoms with E-state index in [2.05, 4.69) is 15.0 Å². The van der Waals surface area contributed by atoms with Crippen LogP contribution in [0.3, 0.4) is 0 Å². The van der Waals surface area contributed by atoms with Crippen molar-refractivity contribution in [3.8, 4) is 5.69 Å². The lowest BCUT2D eigenvalue weighted by Gasteiger charge is -2.13. The first-order valence-electron chi connectivity index (χ1n) is 10.4. The van der Waals surface area contributed by atoms with Gasteiger partial charge in [0.15, 0.2) is 0 Å². The lowest BCUT2D eigenvalue weighted by atomic mass is 10.1. The Morgan fingerprint density at radius 3 is 2.36 bits per heavy atom. The lowest BCUT2D eigenvalue weighted by molar-refractivity contribution is 0.0951. The molecule has 0 aliphatic carbocycles. The van der Waals surface area contributed by atoms with Crippen molar-refractivity contribution in [2.45, 2.75) is 25.3 Å². The normalized spacial score (nSPS) is 11.2. The highest BCUT2D eigenvalue weighted by molar-refractivity contribution is 7.92. The minimum atomic E-state index is -3.76. The number of anilines is 1. The molecule has 4 aromatic rings. The Hall–Kier alpha value is -3.91. The molecule has 0 fully saturated rings. The summed E-state index contributed by atoms with van der Waals surface area (Å²) in [7, 11) is -3.76. The molecule has 0 saturated heterocycles. The molecule has 0 unspecified atom stereocenters. The third-order valence-corrected chi connectivity index (χ3v) is 6.65. The number of nitrogens with zero attached hydrogens (tertiary/aromatic N) is 2. The van der Waals surface area contributed by atoms with Gasteiger partial charge >= 0.3 is 0 Å². The second-order valence-electron chi connectivity index (χ2n) is 7.77. The van der Waals surface area contributed by atoms with Gasteiger partial charge in [0.25, 0.3) is 15.9 Å². The molecule has 168 valence electrons. The van der Waals surface area contributed by atoms with Crippen LogP contribution in [0.1, 0.15) is 27.0 Å². The Kier molecular flexibility index (Phi) is 6.28. The molecule has 2 N–H and O–H groups in total. The SMILES string of the molecule is Cc1ccc(S(=O)(=O)Nc2cc(C(=O)NCc3ccc(-n4ccnc4)cc3)ccc2C)cc1. The number of hydrogen-bond donors (Lipinski definition) is 2. The van der Waals surface area contributed by atoms with Gasteiger partial charge in [0.1, 0.15) is 0 Å². The lowest BCUT2D eigenvalue weighted by Crippen LogP contribution is -2.23. The summed E-state index contributed by atoms with van der Waals surface area (Å²) in [6.45, 7) is 4.03. The van der Waals surface area contributed by atoms with Crippen LogP contribution in [0.4, 0.5) is 5.69 Å². The van der Waals surface area contributed by atoms with Crippen LogP contribution >= 0.6 is 0 Å². The van der Waals surface area contributed by atoms with Crippen LogP contribution in [0, 0.1) is 13.8 Å². The number of aromatic nitrogens is 2.